The smallest absolute Gasteiger partial charge is 0.306 e. The van der Waals surface area contributed by atoms with E-state index < -0.39 is 6.10 Å². The average Bonchev–Trinajstić information content (AvgIpc) is 3.14. The Kier molecular flexibility index (Phi) is 39.7. The summed E-state index contributed by atoms with van der Waals surface area (Å²) in [6, 6.07) is 0. The quantitative estimate of drug-likeness (QED) is 0.0366. The van der Waals surface area contributed by atoms with Gasteiger partial charge in [0.05, 0.1) is 6.61 Å². The molecule has 0 fully saturated rings. The van der Waals surface area contributed by atoms with Gasteiger partial charge in [-0.1, -0.05) is 163 Å². The van der Waals surface area contributed by atoms with Gasteiger partial charge in [0.15, 0.2) is 6.10 Å². The molecule has 294 valence electrons. The van der Waals surface area contributed by atoms with E-state index in [1.165, 1.54) is 25.7 Å². The fourth-order valence-corrected chi connectivity index (χ4v) is 5.10. The summed E-state index contributed by atoms with van der Waals surface area (Å²) in [7, 11) is 0. The first kappa shape index (κ1) is 48.8. The molecule has 0 aromatic carbocycles. The van der Waals surface area contributed by atoms with Crippen LogP contribution < -0.4 is 0 Å². The van der Waals surface area contributed by atoms with Gasteiger partial charge < -0.3 is 14.2 Å². The van der Waals surface area contributed by atoms with Gasteiger partial charge in [0.1, 0.15) is 6.61 Å². The van der Waals surface area contributed by atoms with Gasteiger partial charge in [-0.15, -0.1) is 0 Å². The normalized spacial score (nSPS) is 13.2. The number of hydrogen-bond donors (Lipinski definition) is 0. The van der Waals surface area contributed by atoms with Crippen LogP contribution in [0.4, 0.5) is 0 Å². The van der Waals surface area contributed by atoms with Crippen molar-refractivity contribution >= 4 is 11.9 Å². The van der Waals surface area contributed by atoms with Gasteiger partial charge in [0, 0.05) is 19.4 Å². The highest BCUT2D eigenvalue weighted by Crippen LogP contribution is 2.10. The van der Waals surface area contributed by atoms with Crippen LogP contribution in [0.15, 0.2) is 97.2 Å². The lowest BCUT2D eigenvalue weighted by molar-refractivity contribution is -0.162. The Hall–Kier alpha value is -3.18. The second kappa shape index (κ2) is 42.2. The molecule has 1 unspecified atom stereocenters. The van der Waals surface area contributed by atoms with Crippen LogP contribution in [0, 0.1) is 0 Å². The van der Waals surface area contributed by atoms with Crippen molar-refractivity contribution in [1.29, 1.82) is 0 Å². The molecule has 0 bridgehead atoms. The summed E-state index contributed by atoms with van der Waals surface area (Å²) in [5.41, 5.74) is 0. The van der Waals surface area contributed by atoms with Crippen LogP contribution in [0.5, 0.6) is 0 Å². The molecule has 1 atom stereocenters. The fourth-order valence-electron chi connectivity index (χ4n) is 5.10. The van der Waals surface area contributed by atoms with Gasteiger partial charge in [0.2, 0.25) is 0 Å². The molecule has 0 amide bonds. The van der Waals surface area contributed by atoms with E-state index >= 15 is 0 Å². The third-order valence-corrected chi connectivity index (χ3v) is 8.13. The number of esters is 2. The number of allylic oxidation sites excluding steroid dienone is 16. The molecule has 0 spiro atoms. The van der Waals surface area contributed by atoms with Gasteiger partial charge in [-0.2, -0.15) is 0 Å². The van der Waals surface area contributed by atoms with Crippen molar-refractivity contribution in [2.24, 2.45) is 0 Å². The first-order valence-electron chi connectivity index (χ1n) is 20.8. The molecule has 0 saturated carbocycles. The van der Waals surface area contributed by atoms with Crippen molar-refractivity contribution in [3.63, 3.8) is 0 Å². The zero-order valence-electron chi connectivity index (χ0n) is 33.5. The van der Waals surface area contributed by atoms with E-state index in [1.54, 1.807) is 0 Å². The second-order valence-electron chi connectivity index (χ2n) is 13.1. The van der Waals surface area contributed by atoms with Crippen LogP contribution in [0.25, 0.3) is 0 Å². The third kappa shape index (κ3) is 39.6. The van der Waals surface area contributed by atoms with Crippen molar-refractivity contribution in [2.45, 2.75) is 168 Å². The third-order valence-electron chi connectivity index (χ3n) is 8.13. The molecule has 0 aromatic heterocycles. The largest absolute Gasteiger partial charge is 0.462 e. The van der Waals surface area contributed by atoms with E-state index in [2.05, 4.69) is 112 Å². The summed E-state index contributed by atoms with van der Waals surface area (Å²) in [4.78, 5) is 25.0. The Morgan fingerprint density at radius 3 is 1.46 bits per heavy atom. The lowest BCUT2D eigenvalue weighted by atomic mass is 10.1. The van der Waals surface area contributed by atoms with E-state index in [0.717, 1.165) is 96.3 Å². The van der Waals surface area contributed by atoms with Crippen LogP contribution >= 0.6 is 0 Å². The van der Waals surface area contributed by atoms with Crippen LogP contribution in [0.2, 0.25) is 0 Å². The standard InChI is InChI=1S/C47H76O5/c1-4-7-10-13-16-18-20-22-23-24-25-27-28-30-32-34-37-40-46(48)51-44-45(43-50-42-39-36-15-12-9-6-3)52-47(49)41-38-35-33-31-29-26-21-19-17-14-11-8-5-2/h7-8,10-11,16-19,22-23,25-27,29,33,35,45H,4-6,9,12-15,20-21,24,28,30-32,34,36-44H2,1-3H3/b10-7-,11-8-,18-16-,19-17-,23-22-,27-25-,29-26-,35-33-. The summed E-state index contributed by atoms with van der Waals surface area (Å²) in [6.07, 6.45) is 55.7. The predicted octanol–water partition coefficient (Wildman–Crippen LogP) is 13.5. The zero-order valence-corrected chi connectivity index (χ0v) is 33.5. The molecule has 0 N–H and O–H groups in total. The summed E-state index contributed by atoms with van der Waals surface area (Å²) in [6.45, 7) is 7.42. The van der Waals surface area contributed by atoms with E-state index in [-0.39, 0.29) is 31.6 Å². The summed E-state index contributed by atoms with van der Waals surface area (Å²) >= 11 is 0. The summed E-state index contributed by atoms with van der Waals surface area (Å²) in [5.74, 6) is -0.532. The maximum absolute atomic E-state index is 12.6. The number of ether oxygens (including phenoxy) is 3. The number of carbonyl (C=O) groups is 2. The molecule has 0 aromatic rings. The lowest BCUT2D eigenvalue weighted by Gasteiger charge is -2.18. The summed E-state index contributed by atoms with van der Waals surface area (Å²) in [5, 5.41) is 0. The topological polar surface area (TPSA) is 61.8 Å². The van der Waals surface area contributed by atoms with Gasteiger partial charge >= 0.3 is 11.9 Å². The molecule has 52 heavy (non-hydrogen) atoms. The fraction of sp³-hybridized carbons (Fsp3) is 0.617. The second-order valence-corrected chi connectivity index (χ2v) is 13.1. The molecule has 0 rings (SSSR count). The van der Waals surface area contributed by atoms with Crippen LogP contribution in [-0.4, -0.2) is 37.9 Å². The number of carbonyl (C=O) groups excluding carboxylic acids is 2. The van der Waals surface area contributed by atoms with Crippen molar-refractivity contribution in [2.75, 3.05) is 19.8 Å². The number of hydrogen-bond acceptors (Lipinski definition) is 5. The monoisotopic (exact) mass is 721 g/mol. The first-order chi connectivity index (χ1) is 25.6. The predicted molar refractivity (Wildman–Crippen MR) is 223 cm³/mol. The molecule has 0 aliphatic heterocycles. The SMILES string of the molecule is CC/C=C\C/C=C\C/C=C\C/C=C\CCCCCCC(=O)OCC(COCCCCCCCC)OC(=O)CC/C=C\C/C=C\C/C=C\C/C=C\CC. The van der Waals surface area contributed by atoms with Crippen molar-refractivity contribution in [3.8, 4) is 0 Å². The van der Waals surface area contributed by atoms with Gasteiger partial charge in [-0.3, -0.25) is 9.59 Å². The van der Waals surface area contributed by atoms with Crippen molar-refractivity contribution in [3.05, 3.63) is 97.2 Å². The molecule has 0 aliphatic rings. The Morgan fingerprint density at radius 1 is 0.442 bits per heavy atom. The zero-order chi connectivity index (χ0) is 37.8. The molecular formula is C47H76O5. The minimum absolute atomic E-state index is 0.0386. The minimum atomic E-state index is -0.583. The number of unbranched alkanes of at least 4 members (excludes halogenated alkanes) is 9. The van der Waals surface area contributed by atoms with Crippen LogP contribution in [-0.2, 0) is 23.8 Å². The average molecular weight is 721 g/mol. The highest BCUT2D eigenvalue weighted by atomic mass is 16.6. The van der Waals surface area contributed by atoms with E-state index in [0.29, 0.717) is 19.4 Å². The van der Waals surface area contributed by atoms with E-state index in [4.69, 9.17) is 14.2 Å². The van der Waals surface area contributed by atoms with E-state index in [9.17, 15) is 9.59 Å². The van der Waals surface area contributed by atoms with E-state index in [1.807, 2.05) is 6.08 Å². The maximum atomic E-state index is 12.6. The molecule has 5 heteroatoms. The molecule has 0 radical (unpaired) electrons. The highest BCUT2D eigenvalue weighted by Gasteiger charge is 2.17. The Labute approximate surface area is 320 Å². The van der Waals surface area contributed by atoms with Crippen molar-refractivity contribution in [1.82, 2.24) is 0 Å². The Balaban J connectivity index is 4.31. The van der Waals surface area contributed by atoms with Gasteiger partial charge in [-0.05, 0) is 83.5 Å². The highest BCUT2D eigenvalue weighted by molar-refractivity contribution is 5.70. The van der Waals surface area contributed by atoms with Crippen LogP contribution in [0.3, 0.4) is 0 Å². The molecule has 0 heterocycles. The van der Waals surface area contributed by atoms with Gasteiger partial charge in [-0.25, -0.2) is 0 Å². The lowest BCUT2D eigenvalue weighted by Crippen LogP contribution is -2.30. The maximum Gasteiger partial charge on any atom is 0.306 e. The molecular weight excluding hydrogens is 645 g/mol. The molecule has 0 aliphatic carbocycles. The van der Waals surface area contributed by atoms with Crippen molar-refractivity contribution < 1.29 is 23.8 Å². The number of rotatable bonds is 36. The Morgan fingerprint density at radius 2 is 0.904 bits per heavy atom. The van der Waals surface area contributed by atoms with Gasteiger partial charge in [0.25, 0.3) is 0 Å². The molecule has 0 saturated heterocycles. The van der Waals surface area contributed by atoms with Crippen LogP contribution in [0.1, 0.15) is 162 Å². The minimum Gasteiger partial charge on any atom is -0.462 e. The molecule has 5 nitrogen and oxygen atoms in total. The first-order valence-corrected chi connectivity index (χ1v) is 20.8. The summed E-state index contributed by atoms with van der Waals surface area (Å²) < 4.78 is 17.1. The Bertz CT molecular complexity index is 1040.